The first-order chi connectivity index (χ1) is 53.3. The van der Waals surface area contributed by atoms with Crippen LogP contribution in [0.5, 0.6) is 0 Å². The maximum Gasteiger partial charge on any atom is 0.205 e. The molecule has 8 atom stereocenters. The molecule has 40 nitrogen and oxygen atoms in total. The van der Waals surface area contributed by atoms with E-state index in [-0.39, 0.29) is 49.3 Å². The molecule has 0 saturated carbocycles. The van der Waals surface area contributed by atoms with E-state index in [1.807, 2.05) is 124 Å². The Hall–Kier alpha value is -10.1. The summed E-state index contributed by atoms with van der Waals surface area (Å²) >= 11 is 0. The van der Waals surface area contributed by atoms with Crippen LogP contribution in [0.4, 0.5) is 0 Å². The van der Waals surface area contributed by atoms with Gasteiger partial charge in [-0.2, -0.15) is 0 Å². The molecule has 0 spiro atoms. The Morgan fingerprint density at radius 2 is 0.571 bits per heavy atom. The van der Waals surface area contributed by atoms with Gasteiger partial charge in [-0.25, -0.2) is 20.0 Å². The molecular weight excluding hydrogens is 1430 g/mol. The highest BCUT2D eigenvalue weighted by molar-refractivity contribution is 6.04. The molecule has 640 valence electrons. The van der Waals surface area contributed by atoms with E-state index < -0.39 is 0 Å². The number of guanidine groups is 16. The molecule has 4 fully saturated rings. The lowest BCUT2D eigenvalue weighted by atomic mass is 10.2. The van der Waals surface area contributed by atoms with Gasteiger partial charge in [0.1, 0.15) is 24.7 Å². The van der Waals surface area contributed by atoms with Crippen LogP contribution in [0.15, 0.2) is 59.9 Å². The largest absolute Gasteiger partial charge is 0.346 e. The van der Waals surface area contributed by atoms with Crippen LogP contribution >= 0.6 is 0 Å². The maximum absolute atomic E-state index is 7.77. The standard InChI is InChI=1S/C11H23N5.2C10H21N5.2C9H19N5.2C8H17N5.C7H15N5/c1-5-6-7-8-15(3)11-14-9(2)13-10(12)16(11)4;1-5-6-7-14(3)10-13-8(2)12-9(11)15(10)4;1-4-5-6-7-12-10-14-8(2)13-9(11-3)15-10;1-5-6-13(3)9-12-7(2)11-8(10)14(9)4;1-4-5-6-11-9-13-7(2)12-8(10-3)14-9;1-5-12(3)8-11-6(2)10-7(9)13(8)4;1-4-5-10-8-12-6(2)11-7(9-3)13-8;1-4-9-7-11-5(2)10-6(8-3)12-7/h9H,5-8H2,1-4H3,(H2,12,13);8H,5-7H2,1-4H3,(H2,11,12);8H,4-7H2,1-3H3,(H3,11,12,13,14,15);7H,5-6H2,1-4H3,(H2,10,11);7H,4-6H2,1-3H3,(H3,10,11,12,13,14);6H,5H2,1-4H3,(H2,9,10);6H,4-5H2,1-3H3,(H3,9,10,11,12,13);5H,4H2,1-3H3,(H3,8,9,10,11,12). The summed E-state index contributed by atoms with van der Waals surface area (Å²) < 4.78 is 0. The fraction of sp³-hybridized carbons (Fsp3) is 0.778. The van der Waals surface area contributed by atoms with Crippen molar-refractivity contribution in [3.8, 4) is 0 Å². The lowest BCUT2D eigenvalue weighted by molar-refractivity contribution is 0.408. The Labute approximate surface area is 672 Å². The summed E-state index contributed by atoms with van der Waals surface area (Å²) in [4.78, 5) is 66.7. The zero-order chi connectivity index (χ0) is 84.4. The van der Waals surface area contributed by atoms with E-state index >= 15 is 0 Å². The normalized spacial score (nSPS) is 24.3. The summed E-state index contributed by atoms with van der Waals surface area (Å²) in [6, 6.07) is 0. The summed E-state index contributed by atoms with van der Waals surface area (Å²) in [5.74, 6) is 11.4. The zero-order valence-corrected chi connectivity index (χ0v) is 73.7. The molecule has 0 aromatic heterocycles. The Morgan fingerprint density at radius 1 is 0.304 bits per heavy atom. The van der Waals surface area contributed by atoms with Crippen LogP contribution in [0.3, 0.4) is 0 Å². The van der Waals surface area contributed by atoms with Crippen molar-refractivity contribution in [2.75, 3.05) is 137 Å². The van der Waals surface area contributed by atoms with Gasteiger partial charge in [0.15, 0.2) is 71.5 Å². The third-order valence-electron chi connectivity index (χ3n) is 16.8. The number of hydrogen-bond donors (Lipinski definition) is 20. The molecule has 112 heavy (non-hydrogen) atoms. The minimum absolute atomic E-state index is 0.00648. The molecule has 8 heterocycles. The first-order valence-corrected chi connectivity index (χ1v) is 40.0. The lowest BCUT2D eigenvalue weighted by Crippen LogP contribution is -2.61. The quantitative estimate of drug-likeness (QED) is 0.0779. The number of nitrogens with zero attached hydrogens (tertiary/aromatic N) is 20. The average Bonchev–Trinajstić information content (AvgIpc) is 0.843. The van der Waals surface area contributed by atoms with Crippen molar-refractivity contribution in [3.63, 3.8) is 0 Å². The van der Waals surface area contributed by atoms with E-state index in [4.69, 9.17) is 21.6 Å². The van der Waals surface area contributed by atoms with Crippen molar-refractivity contribution in [1.29, 1.82) is 21.6 Å². The van der Waals surface area contributed by atoms with Crippen molar-refractivity contribution in [2.24, 2.45) is 59.9 Å². The Morgan fingerprint density at radius 3 is 0.857 bits per heavy atom. The van der Waals surface area contributed by atoms with Crippen LogP contribution in [-0.4, -0.2) is 321 Å². The molecule has 0 aliphatic carbocycles. The van der Waals surface area contributed by atoms with Gasteiger partial charge in [-0.15, -0.1) is 0 Å². The summed E-state index contributed by atoms with van der Waals surface area (Å²) in [7, 11) is 22.4. The Kier molecular flexibility index (Phi) is 50.1. The van der Waals surface area contributed by atoms with Gasteiger partial charge < -0.3 is 83.4 Å². The van der Waals surface area contributed by atoms with Gasteiger partial charge in [0, 0.05) is 137 Å². The first kappa shape index (κ1) is 99.9. The zero-order valence-electron chi connectivity index (χ0n) is 73.7. The Balaban J connectivity index is 0.000000641. The van der Waals surface area contributed by atoms with Gasteiger partial charge >= 0.3 is 0 Å². The predicted octanol–water partition coefficient (Wildman–Crippen LogP) is 3.03. The number of aliphatic imine (C=N–C) groups is 12. The molecule has 0 bridgehead atoms. The number of rotatable bonds is 20. The first-order valence-electron chi connectivity index (χ1n) is 40.0. The van der Waals surface area contributed by atoms with E-state index in [0.29, 0.717) is 23.8 Å². The Bertz CT molecular complexity index is 3150. The van der Waals surface area contributed by atoms with E-state index in [1.165, 1.54) is 44.9 Å². The lowest BCUT2D eigenvalue weighted by Gasteiger charge is -2.34. The monoisotopic (exact) mass is 1580 g/mol. The van der Waals surface area contributed by atoms with E-state index in [1.54, 1.807) is 47.8 Å². The molecule has 0 aromatic rings. The minimum atomic E-state index is -0.00711. The van der Waals surface area contributed by atoms with Crippen LogP contribution in [0.2, 0.25) is 0 Å². The molecule has 0 amide bonds. The van der Waals surface area contributed by atoms with E-state index in [0.717, 1.165) is 156 Å². The SMILES string of the molecule is CCCCCN(C)C1=NC(C)NC(=N)N1C.CCCCCN=C1NC(=NC)NC(C)N1.CCCCN(C)C1=NC(C)NC(=N)N1C.CCCCN=C1NC(=NC)NC(C)N1.CCCN(C)C1=NC(C)NC(=N)N1C.CCCN=C1NC(=NC)NC(C)N1.CCN(C)C1=NC(C)NC(=N)N1C.CCN=C1NC(=NC)NC(C)N1. The van der Waals surface area contributed by atoms with Gasteiger partial charge in [0.25, 0.3) is 0 Å². The molecule has 40 heteroatoms. The van der Waals surface area contributed by atoms with E-state index in [2.05, 4.69) is 208 Å². The minimum Gasteiger partial charge on any atom is -0.346 e. The summed E-state index contributed by atoms with van der Waals surface area (Å²) in [6.07, 6.45) is 14.7. The number of unbranched alkanes of at least 4 members (excludes halogenated alkanes) is 6. The molecule has 4 saturated heterocycles. The summed E-state index contributed by atoms with van der Waals surface area (Å²) in [5.41, 5.74) is 0. The number of nitrogens with one attached hydrogen (secondary N) is 20. The molecular formula is C72H152N40. The van der Waals surface area contributed by atoms with Gasteiger partial charge in [0.2, 0.25) is 23.8 Å². The van der Waals surface area contributed by atoms with Gasteiger partial charge in [-0.05, 0) is 108 Å². The topological polar surface area (TPSA) is 462 Å². The molecule has 8 unspecified atom stereocenters. The molecule has 20 N–H and O–H groups in total. The third kappa shape index (κ3) is 39.2. The second-order valence-corrected chi connectivity index (χ2v) is 27.4. The van der Waals surface area contributed by atoms with Gasteiger partial charge in [-0.1, -0.05) is 80.1 Å². The molecule has 8 rings (SSSR count). The van der Waals surface area contributed by atoms with Gasteiger partial charge in [0.05, 0.1) is 24.7 Å². The fourth-order valence-electron chi connectivity index (χ4n) is 10.6. The van der Waals surface area contributed by atoms with Crippen LogP contribution < -0.4 is 85.1 Å². The number of hydrogen-bond acceptors (Lipinski definition) is 20. The third-order valence-corrected chi connectivity index (χ3v) is 16.8. The van der Waals surface area contributed by atoms with Crippen molar-refractivity contribution >= 4 is 95.4 Å². The molecule has 8 aliphatic rings. The van der Waals surface area contributed by atoms with Crippen LogP contribution in [0.1, 0.15) is 188 Å². The molecule has 0 aromatic carbocycles. The van der Waals surface area contributed by atoms with Crippen molar-refractivity contribution < 1.29 is 0 Å². The second-order valence-electron chi connectivity index (χ2n) is 27.4. The summed E-state index contributed by atoms with van der Waals surface area (Å²) in [5, 5.41) is 80.0. The van der Waals surface area contributed by atoms with Crippen LogP contribution in [0, 0.1) is 21.6 Å². The van der Waals surface area contributed by atoms with Crippen LogP contribution in [-0.2, 0) is 0 Å². The fourth-order valence-corrected chi connectivity index (χ4v) is 10.6. The average molecular weight is 1580 g/mol. The van der Waals surface area contributed by atoms with Gasteiger partial charge in [-0.3, -0.25) is 102 Å². The maximum atomic E-state index is 7.77. The van der Waals surface area contributed by atoms with Crippen molar-refractivity contribution in [2.45, 2.75) is 237 Å². The highest BCUT2D eigenvalue weighted by Crippen LogP contribution is 2.09. The van der Waals surface area contributed by atoms with Crippen molar-refractivity contribution in [1.82, 2.24) is 124 Å². The van der Waals surface area contributed by atoms with Crippen molar-refractivity contribution in [3.05, 3.63) is 0 Å². The second kappa shape index (κ2) is 56.2. The highest BCUT2D eigenvalue weighted by atomic mass is 15.5. The van der Waals surface area contributed by atoms with Crippen LogP contribution in [0.25, 0.3) is 0 Å². The molecule has 8 aliphatic heterocycles. The molecule has 0 radical (unpaired) electrons. The highest BCUT2D eigenvalue weighted by Gasteiger charge is 2.27. The smallest absolute Gasteiger partial charge is 0.205 e. The summed E-state index contributed by atoms with van der Waals surface area (Å²) in [6.45, 7) is 40.1. The van der Waals surface area contributed by atoms with E-state index in [9.17, 15) is 0 Å². The predicted molar refractivity (Wildman–Crippen MR) is 472 cm³/mol.